The third kappa shape index (κ3) is 6.55. The first kappa shape index (κ1) is 17.4. The van der Waals surface area contributed by atoms with Crippen LogP contribution in [0.15, 0.2) is 18.2 Å². The number of nitro groups is 1. The minimum Gasteiger partial charge on any atom is -0.487 e. The van der Waals surface area contributed by atoms with Gasteiger partial charge in [-0.3, -0.25) is 10.1 Å². The topological polar surface area (TPSA) is 84.6 Å². The van der Waals surface area contributed by atoms with Gasteiger partial charge in [-0.15, -0.1) is 0 Å². The molecule has 0 saturated heterocycles. The van der Waals surface area contributed by atoms with Gasteiger partial charge in [0.1, 0.15) is 0 Å². The molecule has 1 aromatic carbocycles. The Morgan fingerprint density at radius 2 is 2.14 bits per heavy atom. The van der Waals surface area contributed by atoms with Crippen molar-refractivity contribution < 1.29 is 14.8 Å². The van der Waals surface area contributed by atoms with E-state index in [1.165, 1.54) is 6.07 Å². The lowest BCUT2D eigenvalue weighted by Gasteiger charge is -2.17. The maximum absolute atomic E-state index is 11.1. The summed E-state index contributed by atoms with van der Waals surface area (Å²) in [6.45, 7) is 7.11. The fourth-order valence-corrected chi connectivity index (χ4v) is 1.76. The average molecular weight is 296 g/mol. The molecule has 0 aliphatic carbocycles. The normalized spacial score (nSPS) is 11.4. The number of nitrogens with one attached hydrogen (secondary N) is 1. The number of ether oxygens (including phenoxy) is 1. The van der Waals surface area contributed by atoms with Crippen LogP contribution in [0, 0.1) is 10.1 Å². The standard InChI is InChI=1S/C15H24N2O4/c1-4-8-16-11-12-5-6-14(13(10-12)17(19)20)21-9-7-15(2,3)18/h5-6,10,16,18H,4,7-9,11H2,1-3H3. The number of aliphatic hydroxyl groups is 1. The van der Waals surface area contributed by atoms with E-state index in [-0.39, 0.29) is 18.0 Å². The number of benzene rings is 1. The van der Waals surface area contributed by atoms with Crippen molar-refractivity contribution in [2.24, 2.45) is 0 Å². The molecular weight excluding hydrogens is 272 g/mol. The maximum Gasteiger partial charge on any atom is 0.311 e. The molecule has 0 aliphatic heterocycles. The second-order valence-corrected chi connectivity index (χ2v) is 5.65. The summed E-state index contributed by atoms with van der Waals surface area (Å²) in [5.74, 6) is 0.239. The SMILES string of the molecule is CCCNCc1ccc(OCCC(C)(C)O)c([N+](=O)[O-])c1. The van der Waals surface area contributed by atoms with Crippen LogP contribution in [0.4, 0.5) is 5.69 Å². The van der Waals surface area contributed by atoms with Crippen molar-refractivity contribution >= 4 is 5.69 Å². The van der Waals surface area contributed by atoms with Crippen LogP contribution in [-0.2, 0) is 6.54 Å². The summed E-state index contributed by atoms with van der Waals surface area (Å²) in [7, 11) is 0. The molecule has 0 aromatic heterocycles. The molecule has 6 nitrogen and oxygen atoms in total. The first-order valence-electron chi connectivity index (χ1n) is 7.16. The van der Waals surface area contributed by atoms with Crippen molar-refractivity contribution in [2.75, 3.05) is 13.2 Å². The molecule has 118 valence electrons. The lowest BCUT2D eigenvalue weighted by atomic mass is 10.1. The number of nitro benzene ring substituents is 1. The van der Waals surface area contributed by atoms with E-state index in [0.717, 1.165) is 18.5 Å². The Morgan fingerprint density at radius 1 is 1.43 bits per heavy atom. The first-order chi connectivity index (χ1) is 9.83. The zero-order valence-electron chi connectivity index (χ0n) is 12.9. The molecule has 0 heterocycles. The molecule has 0 saturated carbocycles. The van der Waals surface area contributed by atoms with E-state index in [1.807, 2.05) is 6.07 Å². The summed E-state index contributed by atoms with van der Waals surface area (Å²) in [5, 5.41) is 23.9. The smallest absolute Gasteiger partial charge is 0.311 e. The zero-order chi connectivity index (χ0) is 15.9. The molecule has 1 rings (SSSR count). The molecule has 21 heavy (non-hydrogen) atoms. The van der Waals surface area contributed by atoms with Gasteiger partial charge in [0.25, 0.3) is 0 Å². The second kappa shape index (κ2) is 7.95. The van der Waals surface area contributed by atoms with Crippen LogP contribution in [0.3, 0.4) is 0 Å². The Bertz CT molecular complexity index is 469. The summed E-state index contributed by atoms with van der Waals surface area (Å²) >= 11 is 0. The largest absolute Gasteiger partial charge is 0.487 e. The van der Waals surface area contributed by atoms with E-state index in [1.54, 1.807) is 19.9 Å². The Kier molecular flexibility index (Phi) is 6.58. The Labute approximate surface area is 125 Å². The Balaban J connectivity index is 2.72. The molecule has 0 bridgehead atoms. The predicted molar refractivity (Wildman–Crippen MR) is 81.5 cm³/mol. The minimum absolute atomic E-state index is 0.0402. The monoisotopic (exact) mass is 296 g/mol. The van der Waals surface area contributed by atoms with Gasteiger partial charge in [-0.2, -0.15) is 0 Å². The number of hydrogen-bond acceptors (Lipinski definition) is 5. The van der Waals surface area contributed by atoms with Crippen molar-refractivity contribution in [3.05, 3.63) is 33.9 Å². The molecule has 0 radical (unpaired) electrons. The number of nitrogens with zero attached hydrogens (tertiary/aromatic N) is 1. The lowest BCUT2D eigenvalue weighted by Crippen LogP contribution is -2.22. The van der Waals surface area contributed by atoms with E-state index < -0.39 is 10.5 Å². The van der Waals surface area contributed by atoms with Gasteiger partial charge in [0.15, 0.2) is 5.75 Å². The van der Waals surface area contributed by atoms with Crippen molar-refractivity contribution in [1.82, 2.24) is 5.32 Å². The van der Waals surface area contributed by atoms with Crippen LogP contribution in [-0.4, -0.2) is 28.8 Å². The van der Waals surface area contributed by atoms with Crippen LogP contribution in [0.2, 0.25) is 0 Å². The van der Waals surface area contributed by atoms with E-state index >= 15 is 0 Å². The molecule has 0 fully saturated rings. The van der Waals surface area contributed by atoms with Gasteiger partial charge in [-0.1, -0.05) is 13.0 Å². The second-order valence-electron chi connectivity index (χ2n) is 5.65. The summed E-state index contributed by atoms with van der Waals surface area (Å²) in [4.78, 5) is 10.7. The van der Waals surface area contributed by atoms with Gasteiger partial charge in [0, 0.05) is 19.0 Å². The lowest BCUT2D eigenvalue weighted by molar-refractivity contribution is -0.386. The van der Waals surface area contributed by atoms with Gasteiger partial charge in [-0.25, -0.2) is 0 Å². The molecule has 6 heteroatoms. The molecule has 2 N–H and O–H groups in total. The third-order valence-corrected chi connectivity index (χ3v) is 2.95. The van der Waals surface area contributed by atoms with Gasteiger partial charge in [0.05, 0.1) is 17.1 Å². The van der Waals surface area contributed by atoms with Gasteiger partial charge in [0.2, 0.25) is 0 Å². The summed E-state index contributed by atoms with van der Waals surface area (Å²) in [5.41, 5.74) is -0.0368. The number of rotatable bonds is 9. The molecule has 0 aliphatic rings. The van der Waals surface area contributed by atoms with Crippen LogP contribution < -0.4 is 10.1 Å². The van der Waals surface area contributed by atoms with Crippen LogP contribution in [0.5, 0.6) is 5.75 Å². The highest BCUT2D eigenvalue weighted by molar-refractivity contribution is 5.48. The van der Waals surface area contributed by atoms with Crippen LogP contribution in [0.1, 0.15) is 39.2 Å². The summed E-state index contributed by atoms with van der Waals surface area (Å²) in [6, 6.07) is 4.96. The van der Waals surface area contributed by atoms with Crippen molar-refractivity contribution in [2.45, 2.75) is 45.8 Å². The molecule has 0 spiro atoms. The fraction of sp³-hybridized carbons (Fsp3) is 0.600. The van der Waals surface area contributed by atoms with E-state index in [2.05, 4.69) is 12.2 Å². The van der Waals surface area contributed by atoms with Gasteiger partial charge in [-0.05, 0) is 38.4 Å². The number of hydrogen-bond donors (Lipinski definition) is 2. The van der Waals surface area contributed by atoms with Crippen molar-refractivity contribution in [1.29, 1.82) is 0 Å². The van der Waals surface area contributed by atoms with Gasteiger partial charge >= 0.3 is 5.69 Å². The van der Waals surface area contributed by atoms with Gasteiger partial charge < -0.3 is 15.2 Å². The summed E-state index contributed by atoms with van der Waals surface area (Å²) in [6.07, 6.45) is 1.42. The minimum atomic E-state index is -0.848. The average Bonchev–Trinajstić information content (AvgIpc) is 2.38. The third-order valence-electron chi connectivity index (χ3n) is 2.95. The molecule has 0 atom stereocenters. The van der Waals surface area contributed by atoms with Crippen LogP contribution >= 0.6 is 0 Å². The zero-order valence-corrected chi connectivity index (χ0v) is 12.9. The molecule has 1 aromatic rings. The van der Waals surface area contributed by atoms with E-state index in [9.17, 15) is 15.2 Å². The highest BCUT2D eigenvalue weighted by Gasteiger charge is 2.18. The summed E-state index contributed by atoms with van der Waals surface area (Å²) < 4.78 is 5.43. The maximum atomic E-state index is 11.1. The quantitative estimate of drug-likeness (QED) is 0.416. The predicted octanol–water partition coefficient (Wildman–Crippen LogP) is 2.63. The highest BCUT2D eigenvalue weighted by Crippen LogP contribution is 2.28. The Morgan fingerprint density at radius 3 is 2.71 bits per heavy atom. The molecular formula is C15H24N2O4. The van der Waals surface area contributed by atoms with E-state index in [0.29, 0.717) is 13.0 Å². The van der Waals surface area contributed by atoms with E-state index in [4.69, 9.17) is 4.74 Å². The fourth-order valence-electron chi connectivity index (χ4n) is 1.76. The highest BCUT2D eigenvalue weighted by atomic mass is 16.6. The molecule has 0 amide bonds. The van der Waals surface area contributed by atoms with Crippen molar-refractivity contribution in [3.8, 4) is 5.75 Å². The Hall–Kier alpha value is -1.66. The first-order valence-corrected chi connectivity index (χ1v) is 7.16. The molecule has 0 unspecified atom stereocenters. The van der Waals surface area contributed by atoms with Crippen molar-refractivity contribution in [3.63, 3.8) is 0 Å². The van der Waals surface area contributed by atoms with Crippen LogP contribution in [0.25, 0.3) is 0 Å².